The average Bonchev–Trinajstić information content (AvgIpc) is 2.95. The first-order chi connectivity index (χ1) is 12.5. The van der Waals surface area contributed by atoms with Crippen LogP contribution < -0.4 is 0 Å². The topological polar surface area (TPSA) is 30.7 Å². The Bertz CT molecular complexity index is 921. The number of aryl methyl sites for hydroxylation is 4. The third-order valence-corrected chi connectivity index (χ3v) is 5.64. The van der Waals surface area contributed by atoms with Crippen LogP contribution in [0.5, 0.6) is 0 Å². The van der Waals surface area contributed by atoms with Gasteiger partial charge in [-0.3, -0.25) is 4.98 Å². The van der Waals surface area contributed by atoms with Gasteiger partial charge in [0.2, 0.25) is 0 Å². The van der Waals surface area contributed by atoms with Gasteiger partial charge in [-0.1, -0.05) is 6.92 Å². The Morgan fingerprint density at radius 2 is 2.00 bits per heavy atom. The lowest BCUT2D eigenvalue weighted by Crippen LogP contribution is -2.06. The van der Waals surface area contributed by atoms with Crippen LogP contribution in [0.1, 0.15) is 36.8 Å². The molecule has 0 unspecified atom stereocenters. The Kier molecular flexibility index (Phi) is 5.91. The van der Waals surface area contributed by atoms with Gasteiger partial charge < -0.3 is 4.57 Å². The summed E-state index contributed by atoms with van der Waals surface area (Å²) in [4.78, 5) is 9.67. The fourth-order valence-corrected chi connectivity index (χ4v) is 3.94. The molecular formula is C20H23F2N3S. The molecule has 6 heteroatoms. The lowest BCUT2D eigenvalue weighted by atomic mass is 10.2. The fraction of sp³-hybridized carbons (Fsp3) is 0.400. The third-order valence-electron chi connectivity index (χ3n) is 4.50. The van der Waals surface area contributed by atoms with E-state index in [0.29, 0.717) is 4.90 Å². The smallest absolute Gasteiger partial charge is 0.139 e. The SMILES string of the molecule is CCCc1nc2cnc(C)c(C)c2n1CCCSc1ccc(F)cc1F. The van der Waals surface area contributed by atoms with Gasteiger partial charge in [0.25, 0.3) is 0 Å². The van der Waals surface area contributed by atoms with Crippen LogP contribution >= 0.6 is 11.8 Å². The summed E-state index contributed by atoms with van der Waals surface area (Å²) < 4.78 is 29.0. The molecule has 26 heavy (non-hydrogen) atoms. The number of benzene rings is 1. The van der Waals surface area contributed by atoms with Crippen molar-refractivity contribution in [2.45, 2.75) is 51.5 Å². The van der Waals surface area contributed by atoms with Crippen molar-refractivity contribution in [2.75, 3.05) is 5.75 Å². The molecule has 0 radical (unpaired) electrons. The second-order valence-electron chi connectivity index (χ2n) is 6.41. The second-order valence-corrected chi connectivity index (χ2v) is 7.55. The van der Waals surface area contributed by atoms with E-state index in [-0.39, 0.29) is 0 Å². The summed E-state index contributed by atoms with van der Waals surface area (Å²) >= 11 is 1.42. The number of thioether (sulfide) groups is 1. The molecule has 3 rings (SSSR count). The molecule has 0 N–H and O–H groups in total. The van der Waals surface area contributed by atoms with Crippen LogP contribution in [0, 0.1) is 25.5 Å². The van der Waals surface area contributed by atoms with Crippen LogP contribution in [0.3, 0.4) is 0 Å². The normalized spacial score (nSPS) is 11.4. The number of fused-ring (bicyclic) bond motifs is 1. The van der Waals surface area contributed by atoms with E-state index < -0.39 is 11.6 Å². The van der Waals surface area contributed by atoms with Gasteiger partial charge in [0, 0.05) is 29.6 Å². The minimum Gasteiger partial charge on any atom is -0.328 e. The highest BCUT2D eigenvalue weighted by atomic mass is 32.2. The van der Waals surface area contributed by atoms with Gasteiger partial charge in [-0.05, 0) is 50.1 Å². The van der Waals surface area contributed by atoms with Gasteiger partial charge >= 0.3 is 0 Å². The molecule has 0 amide bonds. The maximum Gasteiger partial charge on any atom is 0.139 e. The van der Waals surface area contributed by atoms with Crippen LogP contribution in [0.25, 0.3) is 11.0 Å². The predicted molar refractivity (Wildman–Crippen MR) is 103 cm³/mol. The highest BCUT2D eigenvalue weighted by molar-refractivity contribution is 7.99. The lowest BCUT2D eigenvalue weighted by Gasteiger charge is -2.11. The standard InChI is InChI=1S/C20H23F2N3S/c1-4-6-19-24-17-12-23-14(3)13(2)20(17)25(19)9-5-10-26-18-8-7-15(21)11-16(18)22/h7-8,11-12H,4-6,9-10H2,1-3H3. The van der Waals surface area contributed by atoms with Crippen LogP contribution in [0.2, 0.25) is 0 Å². The van der Waals surface area contributed by atoms with Crippen molar-refractivity contribution in [1.29, 1.82) is 0 Å². The molecule has 0 aliphatic carbocycles. The first kappa shape index (κ1) is 18.8. The largest absolute Gasteiger partial charge is 0.328 e. The summed E-state index contributed by atoms with van der Waals surface area (Å²) in [5.41, 5.74) is 4.27. The van der Waals surface area contributed by atoms with Crippen LogP contribution in [0.4, 0.5) is 8.78 Å². The number of hydrogen-bond acceptors (Lipinski definition) is 3. The Hall–Kier alpha value is -1.95. The summed E-state index contributed by atoms with van der Waals surface area (Å²) in [7, 11) is 0. The first-order valence-corrected chi connectivity index (χ1v) is 9.89. The van der Waals surface area contributed by atoms with E-state index in [1.807, 2.05) is 13.1 Å². The maximum atomic E-state index is 13.7. The van der Waals surface area contributed by atoms with Crippen molar-refractivity contribution in [3.63, 3.8) is 0 Å². The maximum absolute atomic E-state index is 13.7. The monoisotopic (exact) mass is 375 g/mol. The van der Waals surface area contributed by atoms with Gasteiger partial charge in [-0.15, -0.1) is 11.8 Å². The van der Waals surface area contributed by atoms with Crippen molar-refractivity contribution >= 4 is 22.8 Å². The minimum absolute atomic E-state index is 0.492. The van der Waals surface area contributed by atoms with Gasteiger partial charge in [-0.2, -0.15) is 0 Å². The molecule has 0 saturated carbocycles. The quantitative estimate of drug-likeness (QED) is 0.406. The summed E-state index contributed by atoms with van der Waals surface area (Å²) in [6, 6.07) is 3.74. The van der Waals surface area contributed by atoms with Crippen molar-refractivity contribution < 1.29 is 8.78 Å². The summed E-state index contributed by atoms with van der Waals surface area (Å²) in [6.45, 7) is 7.07. The molecule has 0 spiro atoms. The molecular weight excluding hydrogens is 352 g/mol. The van der Waals surface area contributed by atoms with Crippen molar-refractivity contribution in [3.05, 3.63) is 53.1 Å². The molecule has 0 bridgehead atoms. The molecule has 138 valence electrons. The third kappa shape index (κ3) is 3.90. The summed E-state index contributed by atoms with van der Waals surface area (Å²) in [5, 5.41) is 0. The Morgan fingerprint density at radius 1 is 1.19 bits per heavy atom. The number of imidazole rings is 1. The van der Waals surface area contributed by atoms with E-state index >= 15 is 0 Å². The van der Waals surface area contributed by atoms with Crippen LogP contribution in [0.15, 0.2) is 29.3 Å². The molecule has 3 nitrogen and oxygen atoms in total. The number of aromatic nitrogens is 3. The van der Waals surface area contributed by atoms with E-state index in [0.717, 1.165) is 65.7 Å². The van der Waals surface area contributed by atoms with Gasteiger partial charge in [0.1, 0.15) is 23.0 Å². The molecule has 0 atom stereocenters. The highest BCUT2D eigenvalue weighted by Crippen LogP contribution is 2.25. The summed E-state index contributed by atoms with van der Waals surface area (Å²) in [5.74, 6) is 0.806. The van der Waals surface area contributed by atoms with E-state index in [1.54, 1.807) is 0 Å². The first-order valence-electron chi connectivity index (χ1n) is 8.90. The lowest BCUT2D eigenvalue weighted by molar-refractivity contribution is 0.565. The number of rotatable bonds is 7. The molecule has 1 aromatic carbocycles. The predicted octanol–water partition coefficient (Wildman–Crippen LogP) is 5.46. The van der Waals surface area contributed by atoms with E-state index in [4.69, 9.17) is 4.98 Å². The van der Waals surface area contributed by atoms with E-state index in [9.17, 15) is 8.78 Å². The number of halogens is 2. The number of nitrogens with zero attached hydrogens (tertiary/aromatic N) is 3. The minimum atomic E-state index is -0.541. The summed E-state index contributed by atoms with van der Waals surface area (Å²) in [6.07, 6.45) is 4.68. The van der Waals surface area contributed by atoms with Crippen LogP contribution in [-0.2, 0) is 13.0 Å². The van der Waals surface area contributed by atoms with Gasteiger partial charge in [-0.25, -0.2) is 13.8 Å². The zero-order chi connectivity index (χ0) is 18.7. The zero-order valence-corrected chi connectivity index (χ0v) is 16.2. The van der Waals surface area contributed by atoms with E-state index in [1.165, 1.54) is 23.9 Å². The van der Waals surface area contributed by atoms with Gasteiger partial charge in [0.05, 0.1) is 11.7 Å². The zero-order valence-electron chi connectivity index (χ0n) is 15.4. The fourth-order valence-electron chi connectivity index (χ4n) is 3.08. The molecule has 3 aromatic rings. The Balaban J connectivity index is 1.75. The second kappa shape index (κ2) is 8.16. The average molecular weight is 375 g/mol. The molecule has 0 aliphatic heterocycles. The van der Waals surface area contributed by atoms with Crippen LogP contribution in [-0.4, -0.2) is 20.3 Å². The number of hydrogen-bond donors (Lipinski definition) is 0. The molecule has 2 aromatic heterocycles. The Morgan fingerprint density at radius 3 is 2.73 bits per heavy atom. The van der Waals surface area contributed by atoms with Crippen molar-refractivity contribution in [2.24, 2.45) is 0 Å². The van der Waals surface area contributed by atoms with E-state index in [2.05, 4.69) is 23.4 Å². The number of pyridine rings is 1. The highest BCUT2D eigenvalue weighted by Gasteiger charge is 2.14. The van der Waals surface area contributed by atoms with Gasteiger partial charge in [0.15, 0.2) is 0 Å². The van der Waals surface area contributed by atoms with Crippen molar-refractivity contribution in [3.8, 4) is 0 Å². The molecule has 0 fully saturated rings. The molecule has 0 aliphatic rings. The Labute approximate surface area is 156 Å². The molecule has 0 saturated heterocycles. The van der Waals surface area contributed by atoms with Crippen molar-refractivity contribution in [1.82, 2.24) is 14.5 Å². The molecule has 2 heterocycles.